The fraction of sp³-hybridized carbons (Fsp3) is 0.375. The van der Waals surface area contributed by atoms with Crippen LogP contribution in [-0.2, 0) is 14.3 Å². The Morgan fingerprint density at radius 2 is 1.86 bits per heavy atom. The Labute approximate surface area is 210 Å². The highest BCUT2D eigenvalue weighted by Gasteiger charge is 2.33. The van der Waals surface area contributed by atoms with Crippen LogP contribution in [-0.4, -0.2) is 55.4 Å². The second-order valence-electron chi connectivity index (χ2n) is 7.96. The molecule has 0 aliphatic carbocycles. The maximum atomic E-state index is 13.0. The zero-order valence-corrected chi connectivity index (χ0v) is 20.1. The summed E-state index contributed by atoms with van der Waals surface area (Å²) in [5, 5.41) is 5.12. The van der Waals surface area contributed by atoms with Gasteiger partial charge < -0.3 is 25.0 Å². The molecule has 194 valence electrons. The number of benzene rings is 2. The van der Waals surface area contributed by atoms with Gasteiger partial charge in [0.15, 0.2) is 0 Å². The van der Waals surface area contributed by atoms with Crippen molar-refractivity contribution in [1.82, 2.24) is 10.2 Å². The lowest BCUT2D eigenvalue weighted by Gasteiger charge is -2.34. The number of alkyl halides is 3. The van der Waals surface area contributed by atoms with Gasteiger partial charge in [0, 0.05) is 30.4 Å². The van der Waals surface area contributed by atoms with Crippen molar-refractivity contribution < 1.29 is 37.0 Å². The van der Waals surface area contributed by atoms with Crippen molar-refractivity contribution in [2.75, 3.05) is 25.5 Å². The van der Waals surface area contributed by atoms with E-state index in [1.165, 1.54) is 48.3 Å². The van der Waals surface area contributed by atoms with Gasteiger partial charge in [0.2, 0.25) is 11.8 Å². The van der Waals surface area contributed by atoms with Crippen LogP contribution in [0, 0.1) is 0 Å². The number of anilines is 1. The first kappa shape index (κ1) is 27.1. The van der Waals surface area contributed by atoms with Crippen molar-refractivity contribution in [1.29, 1.82) is 0 Å². The molecule has 1 aliphatic rings. The molecule has 1 heterocycles. The van der Waals surface area contributed by atoms with E-state index in [9.17, 15) is 27.6 Å². The number of hydrogen-bond acceptors (Lipinski definition) is 5. The summed E-state index contributed by atoms with van der Waals surface area (Å²) in [4.78, 5) is 38.3. The second-order valence-corrected chi connectivity index (χ2v) is 8.37. The number of carbonyl (C=O) groups is 3. The van der Waals surface area contributed by atoms with Gasteiger partial charge in [-0.15, -0.1) is 13.2 Å². The summed E-state index contributed by atoms with van der Waals surface area (Å²) in [6, 6.07) is 9.29. The third-order valence-corrected chi connectivity index (χ3v) is 5.83. The first-order valence-corrected chi connectivity index (χ1v) is 11.6. The topological polar surface area (TPSA) is 97.0 Å². The number of ether oxygens (including phenoxy) is 2. The number of para-hydroxylation sites is 1. The smallest absolute Gasteiger partial charge is 0.449 e. The molecule has 2 aromatic carbocycles. The Bertz CT molecular complexity index is 1110. The number of halogens is 4. The van der Waals surface area contributed by atoms with Crippen molar-refractivity contribution >= 4 is 35.2 Å². The SMILES string of the molecule is CNC(=O)OCCC(=O)N1CCCC[C@@H]1C(=O)Nc1ccc(-c2ccccc2OC(F)(F)F)c(Cl)c1. The highest BCUT2D eigenvalue weighted by Crippen LogP contribution is 2.38. The van der Waals surface area contributed by atoms with Crippen LogP contribution in [0.25, 0.3) is 11.1 Å². The molecule has 0 aromatic heterocycles. The van der Waals surface area contributed by atoms with Crippen molar-refractivity contribution in [3.05, 3.63) is 47.5 Å². The second kappa shape index (κ2) is 12.0. The molecular formula is C24H25ClF3N3O5. The van der Waals surface area contributed by atoms with Gasteiger partial charge in [-0.05, 0) is 37.5 Å². The van der Waals surface area contributed by atoms with E-state index in [-0.39, 0.29) is 29.5 Å². The molecule has 0 unspecified atom stereocenters. The van der Waals surface area contributed by atoms with Gasteiger partial charge in [-0.25, -0.2) is 4.79 Å². The minimum Gasteiger partial charge on any atom is -0.449 e. The molecular weight excluding hydrogens is 503 g/mol. The number of rotatable bonds is 7. The van der Waals surface area contributed by atoms with Crippen LogP contribution in [0.2, 0.25) is 5.02 Å². The predicted molar refractivity (Wildman–Crippen MR) is 127 cm³/mol. The maximum absolute atomic E-state index is 13.0. The summed E-state index contributed by atoms with van der Waals surface area (Å²) >= 11 is 6.35. The van der Waals surface area contributed by atoms with E-state index in [2.05, 4.69) is 15.4 Å². The van der Waals surface area contributed by atoms with Gasteiger partial charge in [0.1, 0.15) is 18.4 Å². The number of likely N-dealkylation sites (tertiary alicyclic amines) is 1. The molecule has 0 bridgehead atoms. The van der Waals surface area contributed by atoms with E-state index in [0.717, 1.165) is 12.8 Å². The first-order chi connectivity index (χ1) is 17.1. The van der Waals surface area contributed by atoms with Gasteiger partial charge in [-0.1, -0.05) is 35.9 Å². The number of hydrogen-bond donors (Lipinski definition) is 2. The number of amides is 3. The Morgan fingerprint density at radius 1 is 1.11 bits per heavy atom. The Hall–Kier alpha value is -3.47. The molecule has 1 aliphatic heterocycles. The van der Waals surface area contributed by atoms with E-state index >= 15 is 0 Å². The Kier molecular flexibility index (Phi) is 9.03. The monoisotopic (exact) mass is 527 g/mol. The molecule has 0 radical (unpaired) electrons. The van der Waals surface area contributed by atoms with Crippen LogP contribution >= 0.6 is 11.6 Å². The molecule has 1 fully saturated rings. The van der Waals surface area contributed by atoms with Gasteiger partial charge in [-0.3, -0.25) is 9.59 Å². The van der Waals surface area contributed by atoms with Crippen LogP contribution < -0.4 is 15.4 Å². The van der Waals surface area contributed by atoms with E-state index in [1.54, 1.807) is 6.07 Å². The molecule has 36 heavy (non-hydrogen) atoms. The molecule has 1 atom stereocenters. The van der Waals surface area contributed by atoms with E-state index in [4.69, 9.17) is 16.3 Å². The van der Waals surface area contributed by atoms with Gasteiger partial charge in [0.25, 0.3) is 0 Å². The number of carbonyl (C=O) groups excluding carboxylic acids is 3. The molecule has 8 nitrogen and oxygen atoms in total. The third-order valence-electron chi connectivity index (χ3n) is 5.52. The molecule has 0 saturated carbocycles. The molecule has 2 aromatic rings. The molecule has 12 heteroatoms. The zero-order valence-electron chi connectivity index (χ0n) is 19.4. The van der Waals surface area contributed by atoms with Gasteiger partial charge in [-0.2, -0.15) is 0 Å². The quantitative estimate of drug-likeness (QED) is 0.530. The lowest BCUT2D eigenvalue weighted by atomic mass is 10.0. The average Bonchev–Trinajstić information content (AvgIpc) is 2.83. The standard InChI is InChI=1S/C24H25ClF3N3O5/c1-29-23(34)35-13-11-21(32)31-12-5-4-7-19(31)22(33)30-15-9-10-16(18(25)14-15)17-6-2-3-8-20(17)36-24(26,27)28/h2-3,6,8-10,14,19H,4-5,7,11-13H2,1H3,(H,29,34)(H,30,33)/t19-/m1/s1. The minimum absolute atomic E-state index is 0.0584. The van der Waals surface area contributed by atoms with Crippen LogP contribution in [0.3, 0.4) is 0 Å². The number of nitrogens with one attached hydrogen (secondary N) is 2. The number of piperidine rings is 1. The normalized spacial score (nSPS) is 15.7. The Balaban J connectivity index is 1.71. The molecule has 3 rings (SSSR count). The van der Waals surface area contributed by atoms with Crippen LogP contribution in [0.4, 0.5) is 23.7 Å². The number of nitrogens with zero attached hydrogens (tertiary/aromatic N) is 1. The summed E-state index contributed by atoms with van der Waals surface area (Å²) in [5.74, 6) is -1.13. The van der Waals surface area contributed by atoms with Crippen LogP contribution in [0.15, 0.2) is 42.5 Å². The van der Waals surface area contributed by atoms with E-state index < -0.39 is 30.2 Å². The van der Waals surface area contributed by atoms with Gasteiger partial charge in [0.05, 0.1) is 11.4 Å². The van der Waals surface area contributed by atoms with E-state index in [0.29, 0.717) is 24.2 Å². The summed E-state index contributed by atoms with van der Waals surface area (Å²) in [7, 11) is 1.41. The number of alkyl carbamates (subject to hydrolysis) is 1. The molecule has 2 N–H and O–H groups in total. The highest BCUT2D eigenvalue weighted by molar-refractivity contribution is 6.33. The van der Waals surface area contributed by atoms with Crippen molar-refractivity contribution in [2.45, 2.75) is 38.1 Å². The highest BCUT2D eigenvalue weighted by atomic mass is 35.5. The minimum atomic E-state index is -4.87. The van der Waals surface area contributed by atoms with Gasteiger partial charge >= 0.3 is 12.5 Å². The van der Waals surface area contributed by atoms with Crippen molar-refractivity contribution in [2.24, 2.45) is 0 Å². The summed E-state index contributed by atoms with van der Waals surface area (Å²) < 4.78 is 47.3. The lowest BCUT2D eigenvalue weighted by Crippen LogP contribution is -2.50. The summed E-state index contributed by atoms with van der Waals surface area (Å²) in [6.45, 7) is 0.284. The molecule has 1 saturated heterocycles. The van der Waals surface area contributed by atoms with Crippen molar-refractivity contribution in [3.63, 3.8) is 0 Å². The fourth-order valence-electron chi connectivity index (χ4n) is 3.89. The lowest BCUT2D eigenvalue weighted by molar-refractivity contribution is -0.274. The maximum Gasteiger partial charge on any atom is 0.573 e. The molecule has 3 amide bonds. The fourth-order valence-corrected chi connectivity index (χ4v) is 4.17. The van der Waals surface area contributed by atoms with Crippen LogP contribution in [0.5, 0.6) is 5.75 Å². The summed E-state index contributed by atoms with van der Waals surface area (Å²) in [5.41, 5.74) is 0.754. The largest absolute Gasteiger partial charge is 0.573 e. The molecule has 0 spiro atoms. The Morgan fingerprint density at radius 3 is 2.56 bits per heavy atom. The average molecular weight is 528 g/mol. The van der Waals surface area contributed by atoms with Crippen molar-refractivity contribution in [3.8, 4) is 16.9 Å². The zero-order chi connectivity index (χ0) is 26.3. The predicted octanol–water partition coefficient (Wildman–Crippen LogP) is 4.97. The van der Waals surface area contributed by atoms with Crippen LogP contribution in [0.1, 0.15) is 25.7 Å². The first-order valence-electron chi connectivity index (χ1n) is 11.2. The van der Waals surface area contributed by atoms with E-state index in [1.807, 2.05) is 0 Å². The summed E-state index contributed by atoms with van der Waals surface area (Å²) in [6.07, 6.45) is -3.62. The third kappa shape index (κ3) is 7.27.